The molecule has 1 heterocycles. The van der Waals surface area contributed by atoms with Crippen LogP contribution in [0.3, 0.4) is 0 Å². The summed E-state index contributed by atoms with van der Waals surface area (Å²) in [5.74, 6) is 0. The predicted molar refractivity (Wildman–Crippen MR) is 111 cm³/mol. The van der Waals surface area contributed by atoms with Crippen molar-refractivity contribution in [2.45, 2.75) is 124 Å². The molecule has 0 unspecified atom stereocenters. The molecule has 0 amide bonds. The molecule has 1 aromatic rings. The van der Waals surface area contributed by atoms with Crippen LogP contribution in [0, 0.1) is 13.8 Å². The van der Waals surface area contributed by atoms with Gasteiger partial charge in [-0.15, -0.1) is 0 Å². The maximum atomic E-state index is 2.40. The molecule has 26 heavy (non-hydrogen) atoms. The van der Waals surface area contributed by atoms with Crippen molar-refractivity contribution in [1.82, 2.24) is 0 Å². The van der Waals surface area contributed by atoms with Gasteiger partial charge in [0.05, 0.1) is 0 Å². The molecule has 1 rings (SSSR count). The molecule has 1 nitrogen and oxygen atoms in total. The van der Waals surface area contributed by atoms with E-state index in [-0.39, 0.29) is 17.0 Å². The molecule has 152 valence electrons. The molecule has 0 bridgehead atoms. The average Bonchev–Trinajstić information content (AvgIpc) is 2.60. The second-order valence-electron chi connectivity index (χ2n) is 7.99. The second kappa shape index (κ2) is 18.0. The standard InChI is InChI=1S/C24H44N.BrH/c1-4-5-6-7-8-9-10-11-12-13-14-15-16-17-18-20-25-21-19-23(2)22-24(25)3;/h19,21-22H,4-18,20H2,1-3H3;1H/q+1;/p-1. The van der Waals surface area contributed by atoms with Crippen LogP contribution in [0.25, 0.3) is 0 Å². The van der Waals surface area contributed by atoms with E-state index >= 15 is 0 Å². The number of halogens is 1. The summed E-state index contributed by atoms with van der Waals surface area (Å²) in [6, 6.07) is 4.50. The van der Waals surface area contributed by atoms with E-state index in [2.05, 4.69) is 43.7 Å². The number of aryl methyl sites for hydroxylation is 3. The molecule has 0 saturated heterocycles. The minimum atomic E-state index is 0. The lowest BCUT2D eigenvalue weighted by Gasteiger charge is -2.04. The lowest BCUT2D eigenvalue weighted by Crippen LogP contribution is -3.00. The highest BCUT2D eigenvalue weighted by Crippen LogP contribution is 2.13. The van der Waals surface area contributed by atoms with Crippen LogP contribution in [0.1, 0.15) is 114 Å². The molecule has 0 saturated carbocycles. The Morgan fingerprint density at radius 1 is 0.654 bits per heavy atom. The third-order valence-electron chi connectivity index (χ3n) is 5.41. The molecule has 2 heteroatoms. The van der Waals surface area contributed by atoms with Gasteiger partial charge < -0.3 is 17.0 Å². The van der Waals surface area contributed by atoms with Crippen LogP contribution in [0.15, 0.2) is 18.3 Å². The van der Waals surface area contributed by atoms with Gasteiger partial charge in [-0.3, -0.25) is 0 Å². The van der Waals surface area contributed by atoms with Crippen LogP contribution in [-0.2, 0) is 6.54 Å². The van der Waals surface area contributed by atoms with Gasteiger partial charge in [0.1, 0.15) is 6.54 Å². The van der Waals surface area contributed by atoms with Crippen LogP contribution >= 0.6 is 0 Å². The highest BCUT2D eigenvalue weighted by Gasteiger charge is 2.05. The van der Waals surface area contributed by atoms with E-state index in [1.165, 1.54) is 114 Å². The molecule has 0 N–H and O–H groups in total. The number of hydrogen-bond acceptors (Lipinski definition) is 0. The van der Waals surface area contributed by atoms with Gasteiger partial charge in [0, 0.05) is 25.5 Å². The Bertz CT molecular complexity index is 430. The quantitative estimate of drug-likeness (QED) is 0.271. The minimum absolute atomic E-state index is 0. The summed E-state index contributed by atoms with van der Waals surface area (Å²) in [6.45, 7) is 7.87. The van der Waals surface area contributed by atoms with Gasteiger partial charge in [-0.1, -0.05) is 90.4 Å². The first-order chi connectivity index (χ1) is 12.2. The molecular weight excluding hydrogens is 382 g/mol. The molecule has 0 fully saturated rings. The second-order valence-corrected chi connectivity index (χ2v) is 7.99. The zero-order chi connectivity index (χ0) is 18.2. The summed E-state index contributed by atoms with van der Waals surface area (Å²) in [5.41, 5.74) is 2.76. The number of nitrogens with zero attached hydrogens (tertiary/aromatic N) is 1. The van der Waals surface area contributed by atoms with E-state index in [4.69, 9.17) is 0 Å². The third kappa shape index (κ3) is 13.8. The highest BCUT2D eigenvalue weighted by molar-refractivity contribution is 5.08. The first-order valence-electron chi connectivity index (χ1n) is 11.2. The summed E-state index contributed by atoms with van der Waals surface area (Å²) in [6.07, 6.45) is 23.8. The Hall–Kier alpha value is -0.370. The van der Waals surface area contributed by atoms with Gasteiger partial charge in [-0.25, -0.2) is 4.57 Å². The topological polar surface area (TPSA) is 3.88 Å². The zero-order valence-corrected chi connectivity index (χ0v) is 19.5. The molecule has 0 radical (unpaired) electrons. The molecule has 0 spiro atoms. The van der Waals surface area contributed by atoms with E-state index in [0.717, 1.165) is 0 Å². The minimum Gasteiger partial charge on any atom is -1.00 e. The van der Waals surface area contributed by atoms with Gasteiger partial charge in [0.2, 0.25) is 0 Å². The van der Waals surface area contributed by atoms with E-state index in [1.807, 2.05) is 0 Å². The van der Waals surface area contributed by atoms with E-state index in [9.17, 15) is 0 Å². The predicted octanol–water partition coefficient (Wildman–Crippen LogP) is 4.47. The summed E-state index contributed by atoms with van der Waals surface area (Å²) in [4.78, 5) is 0. The maximum Gasteiger partial charge on any atom is 0.178 e. The molecule has 0 aliphatic rings. The van der Waals surface area contributed by atoms with Gasteiger partial charge in [-0.2, -0.15) is 0 Å². The van der Waals surface area contributed by atoms with Crippen LogP contribution in [-0.4, -0.2) is 0 Å². The van der Waals surface area contributed by atoms with E-state index in [0.29, 0.717) is 0 Å². The van der Waals surface area contributed by atoms with Crippen molar-refractivity contribution in [2.24, 2.45) is 0 Å². The smallest absolute Gasteiger partial charge is 0.178 e. The largest absolute Gasteiger partial charge is 1.00 e. The van der Waals surface area contributed by atoms with Crippen molar-refractivity contribution in [2.75, 3.05) is 0 Å². The van der Waals surface area contributed by atoms with E-state index < -0.39 is 0 Å². The van der Waals surface area contributed by atoms with Gasteiger partial charge in [0.25, 0.3) is 0 Å². The lowest BCUT2D eigenvalue weighted by molar-refractivity contribution is -0.703. The van der Waals surface area contributed by atoms with Crippen molar-refractivity contribution in [3.05, 3.63) is 29.6 Å². The number of aromatic nitrogens is 1. The van der Waals surface area contributed by atoms with Crippen molar-refractivity contribution in [3.63, 3.8) is 0 Å². The normalized spacial score (nSPS) is 10.7. The maximum absolute atomic E-state index is 2.40. The molecular formula is C24H44BrN. The van der Waals surface area contributed by atoms with Crippen molar-refractivity contribution >= 4 is 0 Å². The van der Waals surface area contributed by atoms with Crippen LogP contribution in [0.2, 0.25) is 0 Å². The molecule has 0 aliphatic carbocycles. The molecule has 0 aliphatic heterocycles. The number of unbranched alkanes of at least 4 members (excludes halogenated alkanes) is 14. The van der Waals surface area contributed by atoms with Gasteiger partial charge >= 0.3 is 0 Å². The van der Waals surface area contributed by atoms with Crippen molar-refractivity contribution < 1.29 is 21.5 Å². The first-order valence-corrected chi connectivity index (χ1v) is 11.2. The third-order valence-corrected chi connectivity index (χ3v) is 5.41. The Balaban J connectivity index is 0.00000625. The summed E-state index contributed by atoms with van der Waals surface area (Å²) in [5, 5.41) is 0. The zero-order valence-electron chi connectivity index (χ0n) is 17.9. The van der Waals surface area contributed by atoms with E-state index in [1.54, 1.807) is 0 Å². The molecule has 0 aromatic carbocycles. The molecule has 1 aromatic heterocycles. The number of pyridine rings is 1. The Labute approximate surface area is 174 Å². The fraction of sp³-hybridized carbons (Fsp3) is 0.792. The SMILES string of the molecule is CCCCCCCCCCCCCCCCC[n+]1ccc(C)cc1C.[Br-]. The highest BCUT2D eigenvalue weighted by atomic mass is 79.9. The summed E-state index contributed by atoms with van der Waals surface area (Å²) >= 11 is 0. The lowest BCUT2D eigenvalue weighted by atomic mass is 10.0. The van der Waals surface area contributed by atoms with Crippen LogP contribution < -0.4 is 21.5 Å². The fourth-order valence-electron chi connectivity index (χ4n) is 3.69. The average molecular weight is 427 g/mol. The molecule has 0 atom stereocenters. The van der Waals surface area contributed by atoms with Crippen LogP contribution in [0.4, 0.5) is 0 Å². The Morgan fingerprint density at radius 2 is 1.08 bits per heavy atom. The van der Waals surface area contributed by atoms with Crippen LogP contribution in [0.5, 0.6) is 0 Å². The van der Waals surface area contributed by atoms with Gasteiger partial charge in [0.15, 0.2) is 11.9 Å². The Kier molecular flexibility index (Phi) is 17.8. The monoisotopic (exact) mass is 425 g/mol. The van der Waals surface area contributed by atoms with Crippen molar-refractivity contribution in [1.29, 1.82) is 0 Å². The first kappa shape index (κ1) is 25.6. The number of hydrogen-bond donors (Lipinski definition) is 0. The summed E-state index contributed by atoms with van der Waals surface area (Å²) < 4.78 is 2.40. The fourth-order valence-corrected chi connectivity index (χ4v) is 3.69. The Morgan fingerprint density at radius 3 is 1.50 bits per heavy atom. The van der Waals surface area contributed by atoms with Gasteiger partial charge in [-0.05, 0) is 18.9 Å². The van der Waals surface area contributed by atoms with Crippen molar-refractivity contribution in [3.8, 4) is 0 Å². The summed E-state index contributed by atoms with van der Waals surface area (Å²) in [7, 11) is 0. The number of rotatable bonds is 16.